The molecule has 5 heteroatoms. The fraction of sp³-hybridized carbons (Fsp3) is 0.231. The lowest BCUT2D eigenvalue weighted by molar-refractivity contribution is -0.128. The second-order valence-electron chi connectivity index (χ2n) is 8.22. The van der Waals surface area contributed by atoms with E-state index in [-0.39, 0.29) is 18.4 Å². The van der Waals surface area contributed by atoms with E-state index < -0.39 is 6.04 Å². The van der Waals surface area contributed by atoms with Crippen molar-refractivity contribution in [2.45, 2.75) is 32.7 Å². The van der Waals surface area contributed by atoms with E-state index in [4.69, 9.17) is 0 Å². The molecule has 1 aliphatic rings. The number of hydrogen-bond acceptors (Lipinski definition) is 2. The van der Waals surface area contributed by atoms with Crippen molar-refractivity contribution in [3.63, 3.8) is 0 Å². The maximum Gasteiger partial charge on any atom is 0.255 e. The van der Waals surface area contributed by atoms with Crippen molar-refractivity contribution >= 4 is 39.1 Å². The molecule has 1 fully saturated rings. The Kier molecular flexibility index (Phi) is 5.96. The van der Waals surface area contributed by atoms with Gasteiger partial charge in [-0.1, -0.05) is 71.7 Å². The number of amides is 2. The lowest BCUT2D eigenvalue weighted by Crippen LogP contribution is -2.56. The van der Waals surface area contributed by atoms with Gasteiger partial charge in [0.15, 0.2) is 0 Å². The van der Waals surface area contributed by atoms with Crippen molar-refractivity contribution in [3.05, 3.63) is 94.0 Å². The highest BCUT2D eigenvalue weighted by atomic mass is 79.9. The molecular formula is C26H25BrN2O2. The summed E-state index contributed by atoms with van der Waals surface area (Å²) in [7, 11) is 0. The minimum Gasteiger partial charge on any atom is -0.301 e. The van der Waals surface area contributed by atoms with E-state index in [1.165, 1.54) is 5.56 Å². The highest BCUT2D eigenvalue weighted by molar-refractivity contribution is 9.10. The monoisotopic (exact) mass is 476 g/mol. The SMILES string of the molecule is Cc1ccc(N2CC(=O)N(c3ccc(Br)cc3)[C@H](c3ccc(C(C)C)cc3)C2=O)cc1. The third kappa shape index (κ3) is 4.28. The molecule has 3 aromatic rings. The maximum atomic E-state index is 13.7. The third-order valence-electron chi connectivity index (χ3n) is 5.69. The molecular weight excluding hydrogens is 452 g/mol. The van der Waals surface area contributed by atoms with E-state index in [0.717, 1.165) is 21.3 Å². The van der Waals surface area contributed by atoms with Crippen LogP contribution in [0.5, 0.6) is 0 Å². The van der Waals surface area contributed by atoms with E-state index in [0.29, 0.717) is 11.6 Å². The fourth-order valence-electron chi connectivity index (χ4n) is 3.88. The lowest BCUT2D eigenvalue weighted by atomic mass is 9.95. The Morgan fingerprint density at radius 2 is 1.42 bits per heavy atom. The molecule has 1 saturated heterocycles. The second-order valence-corrected chi connectivity index (χ2v) is 9.14. The predicted octanol–water partition coefficient (Wildman–Crippen LogP) is 6.00. The van der Waals surface area contributed by atoms with Gasteiger partial charge in [0.1, 0.15) is 12.6 Å². The minimum atomic E-state index is -0.718. The standard InChI is InChI=1S/C26H25BrN2O2/c1-17(2)19-6-8-20(9-7-19)25-26(31)28(22-12-4-18(3)5-13-22)16-24(30)29(25)23-14-10-21(27)11-15-23/h4-15,17,25H,16H2,1-3H3/t25-/m1/s1. The average Bonchev–Trinajstić information content (AvgIpc) is 2.76. The van der Waals surface area contributed by atoms with Crippen LogP contribution in [-0.4, -0.2) is 18.4 Å². The number of benzene rings is 3. The second kappa shape index (κ2) is 8.67. The number of halogens is 1. The van der Waals surface area contributed by atoms with E-state index in [1.54, 1.807) is 9.80 Å². The van der Waals surface area contributed by atoms with Gasteiger partial charge < -0.3 is 4.90 Å². The highest BCUT2D eigenvalue weighted by Gasteiger charge is 2.41. The molecule has 31 heavy (non-hydrogen) atoms. The molecule has 158 valence electrons. The smallest absolute Gasteiger partial charge is 0.255 e. The van der Waals surface area contributed by atoms with Gasteiger partial charge in [-0.2, -0.15) is 0 Å². The molecule has 1 aliphatic heterocycles. The first kappa shape index (κ1) is 21.3. The van der Waals surface area contributed by atoms with Gasteiger partial charge in [-0.05, 0) is 60.4 Å². The van der Waals surface area contributed by atoms with Gasteiger partial charge in [-0.3, -0.25) is 14.5 Å². The molecule has 0 aliphatic carbocycles. The number of aryl methyl sites for hydroxylation is 1. The van der Waals surface area contributed by atoms with Gasteiger partial charge in [0.2, 0.25) is 5.91 Å². The van der Waals surface area contributed by atoms with Crippen LogP contribution in [0.15, 0.2) is 77.3 Å². The Labute approximate surface area is 191 Å². The number of anilines is 2. The third-order valence-corrected chi connectivity index (χ3v) is 6.22. The summed E-state index contributed by atoms with van der Waals surface area (Å²) in [6, 6.07) is 22.5. The first-order valence-electron chi connectivity index (χ1n) is 10.4. The van der Waals surface area contributed by atoms with Crippen molar-refractivity contribution in [3.8, 4) is 0 Å². The molecule has 4 nitrogen and oxygen atoms in total. The molecule has 2 amide bonds. The summed E-state index contributed by atoms with van der Waals surface area (Å²) in [6.07, 6.45) is 0. The van der Waals surface area contributed by atoms with Crippen LogP contribution in [0.1, 0.15) is 42.5 Å². The van der Waals surface area contributed by atoms with Gasteiger partial charge >= 0.3 is 0 Å². The van der Waals surface area contributed by atoms with E-state index in [1.807, 2.05) is 79.7 Å². The van der Waals surface area contributed by atoms with Gasteiger partial charge in [0.25, 0.3) is 5.91 Å². The summed E-state index contributed by atoms with van der Waals surface area (Å²) < 4.78 is 0.922. The molecule has 0 unspecified atom stereocenters. The number of piperazine rings is 1. The Hall–Kier alpha value is -2.92. The largest absolute Gasteiger partial charge is 0.301 e. The summed E-state index contributed by atoms with van der Waals surface area (Å²) >= 11 is 3.45. The van der Waals surface area contributed by atoms with Crippen molar-refractivity contribution in [1.82, 2.24) is 0 Å². The summed E-state index contributed by atoms with van der Waals surface area (Å²) in [6.45, 7) is 6.29. The number of hydrogen-bond donors (Lipinski definition) is 0. The van der Waals surface area contributed by atoms with Crippen LogP contribution >= 0.6 is 15.9 Å². The number of rotatable bonds is 4. The van der Waals surface area contributed by atoms with Crippen LogP contribution in [0.4, 0.5) is 11.4 Å². The zero-order chi connectivity index (χ0) is 22.1. The summed E-state index contributed by atoms with van der Waals surface area (Å²) in [5.74, 6) is 0.175. The molecule has 0 radical (unpaired) electrons. The van der Waals surface area contributed by atoms with Crippen molar-refractivity contribution in [1.29, 1.82) is 0 Å². The Morgan fingerprint density at radius 3 is 2.00 bits per heavy atom. The quantitative estimate of drug-likeness (QED) is 0.462. The summed E-state index contributed by atoms with van der Waals surface area (Å²) in [4.78, 5) is 30.3. The van der Waals surface area contributed by atoms with Crippen LogP contribution < -0.4 is 9.80 Å². The first-order chi connectivity index (χ1) is 14.8. The van der Waals surface area contributed by atoms with Gasteiger partial charge in [-0.25, -0.2) is 0 Å². The Morgan fingerprint density at radius 1 is 0.839 bits per heavy atom. The Bertz CT molecular complexity index is 1090. The van der Waals surface area contributed by atoms with Crippen LogP contribution in [-0.2, 0) is 9.59 Å². The number of carbonyl (C=O) groups excluding carboxylic acids is 2. The molecule has 0 N–H and O–H groups in total. The molecule has 0 bridgehead atoms. The molecule has 3 aromatic carbocycles. The summed E-state index contributed by atoms with van der Waals surface area (Å²) in [5.41, 5.74) is 4.56. The molecule has 1 atom stereocenters. The normalized spacial score (nSPS) is 16.9. The fourth-order valence-corrected chi connectivity index (χ4v) is 4.15. The van der Waals surface area contributed by atoms with Crippen molar-refractivity contribution in [2.75, 3.05) is 16.3 Å². The lowest BCUT2D eigenvalue weighted by Gasteiger charge is -2.40. The summed E-state index contributed by atoms with van der Waals surface area (Å²) in [5, 5.41) is 0. The molecule has 4 rings (SSSR count). The Balaban J connectivity index is 1.79. The van der Waals surface area contributed by atoms with E-state index >= 15 is 0 Å². The predicted molar refractivity (Wildman–Crippen MR) is 128 cm³/mol. The van der Waals surface area contributed by atoms with Gasteiger partial charge in [0, 0.05) is 15.8 Å². The van der Waals surface area contributed by atoms with Gasteiger partial charge in [-0.15, -0.1) is 0 Å². The topological polar surface area (TPSA) is 40.6 Å². The number of nitrogens with zero attached hydrogens (tertiary/aromatic N) is 2. The molecule has 0 spiro atoms. The number of carbonyl (C=O) groups is 2. The first-order valence-corrected chi connectivity index (χ1v) is 11.2. The zero-order valence-electron chi connectivity index (χ0n) is 17.9. The maximum absolute atomic E-state index is 13.7. The molecule has 0 aromatic heterocycles. The van der Waals surface area contributed by atoms with E-state index in [2.05, 4.69) is 29.8 Å². The molecule has 0 saturated carbocycles. The average molecular weight is 477 g/mol. The highest BCUT2D eigenvalue weighted by Crippen LogP contribution is 2.35. The molecule has 1 heterocycles. The van der Waals surface area contributed by atoms with Crippen molar-refractivity contribution in [2.24, 2.45) is 0 Å². The van der Waals surface area contributed by atoms with Crippen LogP contribution in [0.2, 0.25) is 0 Å². The van der Waals surface area contributed by atoms with Crippen LogP contribution in [0.25, 0.3) is 0 Å². The van der Waals surface area contributed by atoms with Crippen LogP contribution in [0, 0.1) is 6.92 Å². The zero-order valence-corrected chi connectivity index (χ0v) is 19.5. The van der Waals surface area contributed by atoms with E-state index in [9.17, 15) is 9.59 Å². The van der Waals surface area contributed by atoms with Gasteiger partial charge in [0.05, 0.1) is 0 Å². The van der Waals surface area contributed by atoms with Crippen molar-refractivity contribution < 1.29 is 9.59 Å². The minimum absolute atomic E-state index is 0.0124. The van der Waals surface area contributed by atoms with Crippen LogP contribution in [0.3, 0.4) is 0 Å².